The number of halogens is 4. The second kappa shape index (κ2) is 11.4. The average molecular weight is 473 g/mol. The van der Waals surface area contributed by atoms with Crippen LogP contribution in [0.25, 0.3) is 0 Å². The zero-order valence-corrected chi connectivity index (χ0v) is 19.0. The van der Waals surface area contributed by atoms with Crippen LogP contribution in [-0.4, -0.2) is 0 Å². The quantitative estimate of drug-likeness (QED) is 0.295. The molecule has 3 aromatic carbocycles. The molecule has 0 heterocycles. The van der Waals surface area contributed by atoms with E-state index < -0.39 is 23.3 Å². The Kier molecular flexibility index (Phi) is 8.09. The highest BCUT2D eigenvalue weighted by Crippen LogP contribution is 2.33. The normalized spacial score (nSPS) is 14.2. The summed E-state index contributed by atoms with van der Waals surface area (Å²) in [6.45, 7) is -0.228. The first-order valence-electron chi connectivity index (χ1n) is 11.7. The van der Waals surface area contributed by atoms with Gasteiger partial charge >= 0.3 is 0 Å². The lowest BCUT2D eigenvalue weighted by atomic mass is 9.85. The maximum atomic E-state index is 14.1. The van der Waals surface area contributed by atoms with Crippen LogP contribution < -0.4 is 9.47 Å². The van der Waals surface area contributed by atoms with Gasteiger partial charge in [0.2, 0.25) is 0 Å². The number of benzene rings is 3. The first kappa shape index (κ1) is 24.1. The number of ether oxygens (including phenoxy) is 2. The van der Waals surface area contributed by atoms with Crippen molar-refractivity contribution in [2.45, 2.75) is 58.2 Å². The van der Waals surface area contributed by atoms with Crippen molar-refractivity contribution in [2.75, 3.05) is 0 Å². The third kappa shape index (κ3) is 6.52. The molecule has 0 radical (unpaired) electrons. The molecular formula is C28H28F4O2. The fourth-order valence-corrected chi connectivity index (χ4v) is 4.38. The lowest BCUT2D eigenvalue weighted by Gasteiger charge is -2.21. The van der Waals surface area contributed by atoms with E-state index in [0.29, 0.717) is 11.5 Å². The topological polar surface area (TPSA) is 18.5 Å². The highest BCUT2D eigenvalue weighted by atomic mass is 19.1. The summed E-state index contributed by atoms with van der Waals surface area (Å²) < 4.78 is 66.2. The van der Waals surface area contributed by atoms with E-state index in [-0.39, 0.29) is 24.3 Å². The smallest absolute Gasteiger partial charge is 0.161 e. The van der Waals surface area contributed by atoms with Gasteiger partial charge in [0.05, 0.1) is 0 Å². The molecule has 0 amide bonds. The summed E-state index contributed by atoms with van der Waals surface area (Å²) in [6, 6.07) is 12.2. The highest BCUT2D eigenvalue weighted by molar-refractivity contribution is 5.43. The molecule has 180 valence electrons. The minimum Gasteiger partial charge on any atom is -0.485 e. The van der Waals surface area contributed by atoms with E-state index in [0.717, 1.165) is 36.5 Å². The zero-order chi connectivity index (χ0) is 23.9. The van der Waals surface area contributed by atoms with E-state index in [1.54, 1.807) is 6.07 Å². The summed E-state index contributed by atoms with van der Waals surface area (Å²) in [5.41, 5.74) is 1.49. The average Bonchev–Trinajstić information content (AvgIpc) is 2.83. The summed E-state index contributed by atoms with van der Waals surface area (Å²) in [5.74, 6) is -1.21. The van der Waals surface area contributed by atoms with Crippen molar-refractivity contribution in [2.24, 2.45) is 5.92 Å². The Morgan fingerprint density at radius 1 is 0.647 bits per heavy atom. The van der Waals surface area contributed by atoms with E-state index >= 15 is 0 Å². The highest BCUT2D eigenvalue weighted by Gasteiger charge is 2.15. The molecule has 0 aliphatic heterocycles. The number of aryl methyl sites for hydroxylation is 1. The molecule has 0 unspecified atom stereocenters. The maximum absolute atomic E-state index is 14.1. The Balaban J connectivity index is 1.49. The summed E-state index contributed by atoms with van der Waals surface area (Å²) in [6.07, 6.45) is 8.39. The molecular weight excluding hydrogens is 444 g/mol. The minimum absolute atomic E-state index is 0.112. The largest absolute Gasteiger partial charge is 0.485 e. The third-order valence-corrected chi connectivity index (χ3v) is 6.37. The van der Waals surface area contributed by atoms with Crippen LogP contribution in [0.5, 0.6) is 11.5 Å². The van der Waals surface area contributed by atoms with Crippen molar-refractivity contribution < 1.29 is 27.0 Å². The van der Waals surface area contributed by atoms with Crippen LogP contribution in [0.3, 0.4) is 0 Å². The summed E-state index contributed by atoms with van der Waals surface area (Å²) in [5, 5.41) is 0. The van der Waals surface area contributed by atoms with E-state index in [1.165, 1.54) is 56.4 Å². The van der Waals surface area contributed by atoms with Crippen molar-refractivity contribution in [3.05, 3.63) is 94.6 Å². The fraction of sp³-hybridized carbons (Fsp3) is 0.357. The van der Waals surface area contributed by atoms with Crippen LogP contribution in [0.4, 0.5) is 17.6 Å². The number of hydrogen-bond donors (Lipinski definition) is 0. The molecule has 2 nitrogen and oxygen atoms in total. The van der Waals surface area contributed by atoms with Gasteiger partial charge in [-0.2, -0.15) is 0 Å². The van der Waals surface area contributed by atoms with Gasteiger partial charge in [-0.1, -0.05) is 38.2 Å². The second-order valence-electron chi connectivity index (χ2n) is 8.87. The Morgan fingerprint density at radius 2 is 1.24 bits per heavy atom. The van der Waals surface area contributed by atoms with Crippen LogP contribution in [0.15, 0.2) is 54.6 Å². The Labute approximate surface area is 197 Å². The van der Waals surface area contributed by atoms with Crippen molar-refractivity contribution in [1.29, 1.82) is 0 Å². The molecule has 3 aromatic rings. The molecule has 0 N–H and O–H groups in total. The fourth-order valence-electron chi connectivity index (χ4n) is 4.38. The molecule has 1 fully saturated rings. The molecule has 0 saturated heterocycles. The molecule has 4 rings (SSSR count). The van der Waals surface area contributed by atoms with E-state index in [1.807, 2.05) is 12.1 Å². The van der Waals surface area contributed by atoms with Gasteiger partial charge in [-0.15, -0.1) is 0 Å². The molecule has 1 aliphatic rings. The first-order chi connectivity index (χ1) is 16.5. The Hall–Kier alpha value is -3.02. The zero-order valence-electron chi connectivity index (χ0n) is 19.0. The maximum Gasteiger partial charge on any atom is 0.161 e. The lowest BCUT2D eigenvalue weighted by Crippen LogP contribution is -2.07. The third-order valence-electron chi connectivity index (χ3n) is 6.37. The van der Waals surface area contributed by atoms with Gasteiger partial charge in [0.1, 0.15) is 36.5 Å². The van der Waals surface area contributed by atoms with Crippen LogP contribution >= 0.6 is 0 Å². The van der Waals surface area contributed by atoms with Gasteiger partial charge in [-0.25, -0.2) is 17.6 Å². The van der Waals surface area contributed by atoms with Crippen LogP contribution in [-0.2, 0) is 19.6 Å². The predicted octanol–water partition coefficient (Wildman–Crippen LogP) is 7.91. The SMILES string of the molecule is Fc1ccc(COc2ccc(CCC3CCCCC3)cc2OCc2ccc(F)cc2F)c(F)c1. The molecule has 1 saturated carbocycles. The van der Waals surface area contributed by atoms with Crippen LogP contribution in [0, 0.1) is 29.2 Å². The van der Waals surface area contributed by atoms with Crippen molar-refractivity contribution in [3.8, 4) is 11.5 Å². The lowest BCUT2D eigenvalue weighted by molar-refractivity contribution is 0.250. The Bertz CT molecular complexity index is 1110. The summed E-state index contributed by atoms with van der Waals surface area (Å²) in [7, 11) is 0. The van der Waals surface area contributed by atoms with Gasteiger partial charge in [0.25, 0.3) is 0 Å². The van der Waals surface area contributed by atoms with Gasteiger partial charge in [-0.3, -0.25) is 0 Å². The first-order valence-corrected chi connectivity index (χ1v) is 11.7. The molecule has 0 bridgehead atoms. The monoisotopic (exact) mass is 472 g/mol. The Morgan fingerprint density at radius 3 is 1.82 bits per heavy atom. The molecule has 1 aliphatic carbocycles. The number of rotatable bonds is 9. The molecule has 0 aromatic heterocycles. The molecule has 34 heavy (non-hydrogen) atoms. The predicted molar refractivity (Wildman–Crippen MR) is 123 cm³/mol. The second-order valence-corrected chi connectivity index (χ2v) is 8.87. The van der Waals surface area contributed by atoms with Crippen molar-refractivity contribution >= 4 is 0 Å². The van der Waals surface area contributed by atoms with E-state index in [2.05, 4.69) is 0 Å². The summed E-state index contributed by atoms with van der Waals surface area (Å²) >= 11 is 0. The van der Waals surface area contributed by atoms with Gasteiger partial charge < -0.3 is 9.47 Å². The van der Waals surface area contributed by atoms with E-state index in [4.69, 9.17) is 9.47 Å². The molecule has 6 heteroatoms. The van der Waals surface area contributed by atoms with Gasteiger partial charge in [0.15, 0.2) is 11.5 Å². The number of hydrogen-bond acceptors (Lipinski definition) is 2. The summed E-state index contributed by atoms with van der Waals surface area (Å²) in [4.78, 5) is 0. The van der Waals surface area contributed by atoms with Crippen molar-refractivity contribution in [1.82, 2.24) is 0 Å². The molecule has 0 spiro atoms. The van der Waals surface area contributed by atoms with Crippen LogP contribution in [0.1, 0.15) is 55.2 Å². The van der Waals surface area contributed by atoms with Gasteiger partial charge in [0, 0.05) is 23.3 Å². The van der Waals surface area contributed by atoms with Crippen molar-refractivity contribution in [3.63, 3.8) is 0 Å². The standard InChI is InChI=1S/C28H28F4O2/c29-23-11-9-21(25(31)15-23)17-33-27-13-8-20(7-6-19-4-2-1-3-5-19)14-28(27)34-18-22-10-12-24(30)16-26(22)32/h8-16,19H,1-7,17-18H2. The van der Waals surface area contributed by atoms with Gasteiger partial charge in [-0.05, 0) is 60.7 Å². The van der Waals surface area contributed by atoms with E-state index in [9.17, 15) is 17.6 Å². The van der Waals surface area contributed by atoms with Crippen LogP contribution in [0.2, 0.25) is 0 Å². The minimum atomic E-state index is -0.694. The molecule has 0 atom stereocenters.